The summed E-state index contributed by atoms with van der Waals surface area (Å²) in [5.41, 5.74) is 0.880. The van der Waals surface area contributed by atoms with Gasteiger partial charge >= 0.3 is 5.97 Å². The normalized spacial score (nSPS) is 18.8. The molecule has 1 unspecified atom stereocenters. The Hall–Kier alpha value is -2.58. The molecule has 0 bridgehead atoms. The predicted molar refractivity (Wildman–Crippen MR) is 96.0 cm³/mol. The number of hydrogen-bond donors (Lipinski definition) is 2. The van der Waals surface area contributed by atoms with Gasteiger partial charge < -0.3 is 14.8 Å². The summed E-state index contributed by atoms with van der Waals surface area (Å²) in [4.78, 5) is 22.2. The van der Waals surface area contributed by atoms with E-state index in [0.717, 1.165) is 17.3 Å². The van der Waals surface area contributed by atoms with Crippen LogP contribution >= 0.6 is 23.4 Å². The van der Waals surface area contributed by atoms with Gasteiger partial charge in [-0.15, -0.1) is 5.10 Å². The van der Waals surface area contributed by atoms with Gasteiger partial charge in [-0.05, 0) is 36.4 Å². The summed E-state index contributed by atoms with van der Waals surface area (Å²) in [7, 11) is 0. The second-order valence-electron chi connectivity index (χ2n) is 5.05. The Balaban J connectivity index is 1.64. The van der Waals surface area contributed by atoms with Crippen molar-refractivity contribution in [3.05, 3.63) is 47.2 Å². The van der Waals surface area contributed by atoms with Crippen molar-refractivity contribution in [2.45, 2.75) is 11.7 Å². The molecule has 9 heteroatoms. The first-order valence-electron chi connectivity index (χ1n) is 7.17. The molecule has 2 heterocycles. The molecule has 25 heavy (non-hydrogen) atoms. The summed E-state index contributed by atoms with van der Waals surface area (Å²) in [5, 5.41) is 19.2. The quantitative estimate of drug-likeness (QED) is 0.615. The maximum Gasteiger partial charge on any atom is 0.305 e. The number of carbonyl (C=O) groups is 2. The Morgan fingerprint density at radius 2 is 2.08 bits per heavy atom. The first-order chi connectivity index (χ1) is 12.0. The van der Waals surface area contributed by atoms with Crippen molar-refractivity contribution in [2.24, 2.45) is 10.2 Å². The van der Waals surface area contributed by atoms with Gasteiger partial charge in [0.05, 0.1) is 12.6 Å². The molecule has 1 aromatic heterocycles. The lowest BCUT2D eigenvalue weighted by molar-refractivity contribution is -0.138. The van der Waals surface area contributed by atoms with Crippen LogP contribution in [0.15, 0.2) is 51.0 Å². The van der Waals surface area contributed by atoms with Crippen molar-refractivity contribution in [2.75, 3.05) is 0 Å². The second kappa shape index (κ2) is 7.54. The molecular formula is C16H12ClN3O4S. The Labute approximate surface area is 151 Å². The first-order valence-corrected chi connectivity index (χ1v) is 8.43. The number of nitrogens with one attached hydrogen (secondary N) is 1. The fourth-order valence-corrected chi connectivity index (χ4v) is 3.12. The Kier molecular flexibility index (Phi) is 5.20. The number of amidine groups is 1. The van der Waals surface area contributed by atoms with Crippen molar-refractivity contribution in [3.8, 4) is 11.3 Å². The number of thioether (sulfide) groups is 1. The van der Waals surface area contributed by atoms with E-state index in [0.29, 0.717) is 16.5 Å². The fourth-order valence-electron chi connectivity index (χ4n) is 2.07. The number of nitrogens with zero attached hydrogens (tertiary/aromatic N) is 2. The van der Waals surface area contributed by atoms with Crippen LogP contribution in [0.5, 0.6) is 0 Å². The number of rotatable bonds is 5. The molecule has 0 radical (unpaired) electrons. The number of carboxylic acid groups (broad SMARTS) is 1. The summed E-state index contributed by atoms with van der Waals surface area (Å²) in [5.74, 6) is -0.270. The zero-order chi connectivity index (χ0) is 17.8. The van der Waals surface area contributed by atoms with E-state index in [1.165, 1.54) is 6.21 Å². The standard InChI is InChI=1S/C16H12ClN3O4S/c17-10-3-1-9(2-4-10)12-6-5-11(24-12)8-18-20-16-19-15(23)13(25-16)7-14(21)22/h1-6,8,13H,7H2,(H,21,22)(H,19,20,23). The molecule has 2 aromatic rings. The Morgan fingerprint density at radius 3 is 2.80 bits per heavy atom. The van der Waals surface area contributed by atoms with Crippen molar-refractivity contribution < 1.29 is 19.1 Å². The van der Waals surface area contributed by atoms with Gasteiger partial charge in [-0.25, -0.2) is 0 Å². The monoisotopic (exact) mass is 377 g/mol. The van der Waals surface area contributed by atoms with E-state index in [9.17, 15) is 9.59 Å². The summed E-state index contributed by atoms with van der Waals surface area (Å²) >= 11 is 6.89. The van der Waals surface area contributed by atoms with Gasteiger partial charge in [0.15, 0.2) is 5.17 Å². The molecule has 3 rings (SSSR count). The van der Waals surface area contributed by atoms with Gasteiger partial charge in [-0.2, -0.15) is 5.10 Å². The summed E-state index contributed by atoms with van der Waals surface area (Å²) < 4.78 is 5.64. The predicted octanol–water partition coefficient (Wildman–Crippen LogP) is 3.00. The van der Waals surface area contributed by atoms with Gasteiger partial charge in [-0.1, -0.05) is 23.4 Å². The van der Waals surface area contributed by atoms with E-state index >= 15 is 0 Å². The van der Waals surface area contributed by atoms with Gasteiger partial charge in [0.25, 0.3) is 0 Å². The molecule has 1 fully saturated rings. The van der Waals surface area contributed by atoms with E-state index in [-0.39, 0.29) is 17.5 Å². The van der Waals surface area contributed by atoms with Gasteiger partial charge in [0, 0.05) is 10.6 Å². The molecule has 7 nitrogen and oxygen atoms in total. The highest BCUT2D eigenvalue weighted by Crippen LogP contribution is 2.24. The molecule has 128 valence electrons. The summed E-state index contributed by atoms with van der Waals surface area (Å²) in [6.45, 7) is 0. The van der Waals surface area contributed by atoms with Crippen LogP contribution in [0.1, 0.15) is 12.2 Å². The van der Waals surface area contributed by atoms with Crippen LogP contribution in [-0.4, -0.2) is 33.6 Å². The largest absolute Gasteiger partial charge is 0.481 e. The minimum Gasteiger partial charge on any atom is -0.481 e. The molecule has 1 aromatic carbocycles. The number of amides is 1. The first kappa shape index (κ1) is 17.2. The number of benzene rings is 1. The molecule has 1 aliphatic heterocycles. The summed E-state index contributed by atoms with van der Waals surface area (Å²) in [6, 6.07) is 10.8. The zero-order valence-electron chi connectivity index (χ0n) is 12.7. The molecule has 2 N–H and O–H groups in total. The van der Waals surface area contributed by atoms with Crippen molar-refractivity contribution >= 4 is 46.6 Å². The zero-order valence-corrected chi connectivity index (χ0v) is 14.3. The molecule has 1 atom stereocenters. The fraction of sp³-hybridized carbons (Fsp3) is 0.125. The summed E-state index contributed by atoms with van der Waals surface area (Å²) in [6.07, 6.45) is 1.14. The lowest BCUT2D eigenvalue weighted by Crippen LogP contribution is -2.26. The third-order valence-electron chi connectivity index (χ3n) is 3.23. The highest BCUT2D eigenvalue weighted by atomic mass is 35.5. The average molecular weight is 378 g/mol. The second-order valence-corrected chi connectivity index (χ2v) is 6.68. The highest BCUT2D eigenvalue weighted by Gasteiger charge is 2.32. The number of furan rings is 1. The van der Waals surface area contributed by atoms with Gasteiger partial charge in [0.2, 0.25) is 5.91 Å². The molecular weight excluding hydrogens is 366 g/mol. The smallest absolute Gasteiger partial charge is 0.305 e. The number of carboxylic acids is 1. The Morgan fingerprint density at radius 1 is 1.32 bits per heavy atom. The van der Waals surface area contributed by atoms with Crippen LogP contribution < -0.4 is 5.32 Å². The van der Waals surface area contributed by atoms with E-state index in [4.69, 9.17) is 21.1 Å². The van der Waals surface area contributed by atoms with E-state index in [1.54, 1.807) is 24.3 Å². The van der Waals surface area contributed by atoms with Crippen LogP contribution in [0.2, 0.25) is 5.02 Å². The lowest BCUT2D eigenvalue weighted by atomic mass is 10.2. The average Bonchev–Trinajstić information content (AvgIpc) is 3.15. The molecule has 1 amide bonds. The minimum absolute atomic E-state index is 0.261. The number of hydrogen-bond acceptors (Lipinski definition) is 6. The van der Waals surface area contributed by atoms with Crippen LogP contribution in [0.3, 0.4) is 0 Å². The van der Waals surface area contributed by atoms with Crippen LogP contribution in [0.4, 0.5) is 0 Å². The van der Waals surface area contributed by atoms with Crippen LogP contribution in [0, 0.1) is 0 Å². The topological polar surface area (TPSA) is 104 Å². The molecule has 1 aliphatic rings. The van der Waals surface area contributed by atoms with Crippen molar-refractivity contribution in [3.63, 3.8) is 0 Å². The molecule has 0 aliphatic carbocycles. The highest BCUT2D eigenvalue weighted by molar-refractivity contribution is 8.15. The van der Waals surface area contributed by atoms with Gasteiger partial charge in [-0.3, -0.25) is 9.59 Å². The molecule has 1 saturated heterocycles. The van der Waals surface area contributed by atoms with E-state index in [1.807, 2.05) is 12.1 Å². The van der Waals surface area contributed by atoms with E-state index < -0.39 is 11.2 Å². The van der Waals surface area contributed by atoms with E-state index in [2.05, 4.69) is 15.5 Å². The third kappa shape index (κ3) is 4.49. The van der Waals surface area contributed by atoms with Crippen LogP contribution in [0.25, 0.3) is 11.3 Å². The Bertz CT molecular complexity index is 861. The number of halogens is 1. The molecule has 0 spiro atoms. The van der Waals surface area contributed by atoms with Crippen molar-refractivity contribution in [1.82, 2.24) is 5.32 Å². The van der Waals surface area contributed by atoms with Gasteiger partial charge in [0.1, 0.15) is 16.8 Å². The number of carbonyl (C=O) groups excluding carboxylic acids is 1. The lowest BCUT2D eigenvalue weighted by Gasteiger charge is -1.97. The molecule has 0 saturated carbocycles. The maximum atomic E-state index is 11.6. The number of aliphatic carboxylic acids is 1. The third-order valence-corrected chi connectivity index (χ3v) is 4.55. The van der Waals surface area contributed by atoms with Crippen LogP contribution in [-0.2, 0) is 9.59 Å². The van der Waals surface area contributed by atoms with Crippen molar-refractivity contribution in [1.29, 1.82) is 0 Å². The SMILES string of the molecule is O=C(O)CC1S/C(=N/N=Cc2ccc(-c3ccc(Cl)cc3)o2)NC1=O. The maximum absolute atomic E-state index is 11.6. The minimum atomic E-state index is -1.04.